The van der Waals surface area contributed by atoms with Gasteiger partial charge >= 0.3 is 6.03 Å². The lowest BCUT2D eigenvalue weighted by molar-refractivity contribution is -0.0289. The molecule has 0 aliphatic heterocycles. The molecule has 4 rings (SSSR count). The number of benzene rings is 1. The van der Waals surface area contributed by atoms with E-state index in [1.807, 2.05) is 14.0 Å². The lowest BCUT2D eigenvalue weighted by atomic mass is 9.66. The number of carbonyl (C=O) groups is 1. The molecule has 2 amide bonds. The van der Waals surface area contributed by atoms with Crippen molar-refractivity contribution in [2.75, 3.05) is 25.0 Å². The van der Waals surface area contributed by atoms with E-state index in [0.717, 1.165) is 44.9 Å². The first-order valence-electron chi connectivity index (χ1n) is 12.1. The Balaban J connectivity index is 1.49. The van der Waals surface area contributed by atoms with Gasteiger partial charge in [-0.15, -0.1) is 0 Å². The first-order chi connectivity index (χ1) is 15.8. The molecule has 2 aliphatic rings. The normalized spacial score (nSPS) is 26.3. The quantitative estimate of drug-likeness (QED) is 0.594. The maximum atomic E-state index is 13.3. The fourth-order valence-electron chi connectivity index (χ4n) is 5.16. The molecule has 2 aliphatic carbocycles. The topological polar surface area (TPSA) is 90.4 Å². The first kappa shape index (κ1) is 23.6. The molecule has 178 valence electrons. The second kappa shape index (κ2) is 9.39. The predicted molar refractivity (Wildman–Crippen MR) is 130 cm³/mol. The summed E-state index contributed by atoms with van der Waals surface area (Å²) < 4.78 is 0. The van der Waals surface area contributed by atoms with Gasteiger partial charge in [0.2, 0.25) is 0 Å². The number of aromatic nitrogens is 2. The highest BCUT2D eigenvalue weighted by Crippen LogP contribution is 2.46. The summed E-state index contributed by atoms with van der Waals surface area (Å²) >= 11 is 0. The van der Waals surface area contributed by atoms with Gasteiger partial charge in [0.1, 0.15) is 5.82 Å². The van der Waals surface area contributed by atoms with Gasteiger partial charge in [-0.3, -0.25) is 4.90 Å². The predicted octanol–water partition coefficient (Wildman–Crippen LogP) is 3.91. The number of hydrogen-bond acceptors (Lipinski definition) is 5. The molecule has 7 nitrogen and oxygen atoms in total. The molecule has 1 aromatic carbocycles. The van der Waals surface area contributed by atoms with Crippen LogP contribution in [0.2, 0.25) is 0 Å². The Morgan fingerprint density at radius 2 is 1.70 bits per heavy atom. The van der Waals surface area contributed by atoms with Crippen molar-refractivity contribution in [3.8, 4) is 0 Å². The van der Waals surface area contributed by atoms with E-state index >= 15 is 0 Å². The third-order valence-corrected chi connectivity index (χ3v) is 7.83. The minimum atomic E-state index is -0.762. The van der Waals surface area contributed by atoms with Crippen molar-refractivity contribution in [1.29, 1.82) is 0 Å². The van der Waals surface area contributed by atoms with Crippen LogP contribution in [0.15, 0.2) is 42.7 Å². The summed E-state index contributed by atoms with van der Waals surface area (Å²) in [4.78, 5) is 23.7. The highest BCUT2D eigenvalue weighted by molar-refractivity contribution is 5.91. The van der Waals surface area contributed by atoms with Crippen molar-refractivity contribution >= 4 is 11.7 Å². The Morgan fingerprint density at radius 1 is 1.06 bits per heavy atom. The van der Waals surface area contributed by atoms with Crippen LogP contribution >= 0.6 is 0 Å². The lowest BCUT2D eigenvalue weighted by Crippen LogP contribution is -2.54. The zero-order chi connectivity index (χ0) is 23.5. The SMILES string of the molecule is CNC1(c2ccccc2)CCC(C)(CN(C(=O)NCC2(O)CCC2)c2cnc(C)nc2)CC1. The summed E-state index contributed by atoms with van der Waals surface area (Å²) in [6.07, 6.45) is 9.91. The van der Waals surface area contributed by atoms with Gasteiger partial charge in [-0.05, 0) is 69.9 Å². The number of anilines is 1. The minimum absolute atomic E-state index is 0.0334. The van der Waals surface area contributed by atoms with Gasteiger partial charge in [-0.2, -0.15) is 0 Å². The van der Waals surface area contributed by atoms with Crippen LogP contribution in [0.25, 0.3) is 0 Å². The van der Waals surface area contributed by atoms with Crippen molar-refractivity contribution in [2.24, 2.45) is 5.41 Å². The van der Waals surface area contributed by atoms with Crippen LogP contribution in [0.3, 0.4) is 0 Å². The summed E-state index contributed by atoms with van der Waals surface area (Å²) in [6, 6.07) is 10.5. The molecule has 0 radical (unpaired) electrons. The molecule has 3 N–H and O–H groups in total. The molecule has 0 bridgehead atoms. The summed E-state index contributed by atoms with van der Waals surface area (Å²) in [6.45, 7) is 4.97. The number of aryl methyl sites for hydroxylation is 1. The van der Waals surface area contributed by atoms with Crippen LogP contribution in [-0.2, 0) is 5.54 Å². The minimum Gasteiger partial charge on any atom is -0.388 e. The van der Waals surface area contributed by atoms with E-state index in [1.165, 1.54) is 5.56 Å². The number of rotatable bonds is 7. The highest BCUT2D eigenvalue weighted by atomic mass is 16.3. The number of nitrogens with one attached hydrogen (secondary N) is 2. The Morgan fingerprint density at radius 3 is 2.24 bits per heavy atom. The molecular formula is C26H37N5O2. The van der Waals surface area contributed by atoms with Crippen molar-refractivity contribution < 1.29 is 9.90 Å². The van der Waals surface area contributed by atoms with Crippen LogP contribution in [-0.4, -0.2) is 46.8 Å². The molecule has 0 atom stereocenters. The second-order valence-electron chi connectivity index (χ2n) is 10.3. The van der Waals surface area contributed by atoms with E-state index in [1.54, 1.807) is 17.3 Å². The number of aliphatic hydroxyl groups is 1. The molecule has 0 spiro atoms. The smallest absolute Gasteiger partial charge is 0.322 e. The van der Waals surface area contributed by atoms with E-state index in [9.17, 15) is 9.90 Å². The Bertz CT molecular complexity index is 935. The molecule has 0 unspecified atom stereocenters. The van der Waals surface area contributed by atoms with Gasteiger partial charge in [0.25, 0.3) is 0 Å². The third kappa shape index (κ3) is 5.20. The Kier molecular flexibility index (Phi) is 6.73. The Hall–Kier alpha value is -2.51. The first-order valence-corrected chi connectivity index (χ1v) is 12.1. The van der Waals surface area contributed by atoms with E-state index in [2.05, 4.69) is 57.9 Å². The molecule has 2 fully saturated rings. The second-order valence-corrected chi connectivity index (χ2v) is 10.3. The van der Waals surface area contributed by atoms with Crippen LogP contribution in [0.4, 0.5) is 10.5 Å². The van der Waals surface area contributed by atoms with Gasteiger partial charge < -0.3 is 15.7 Å². The molecule has 1 aromatic heterocycles. The standard InChI is InChI=1S/C26H37N5O2/c1-20-28-16-22(17-29-20)31(23(32)30-18-25(33)10-7-11-25)19-24(2)12-14-26(27-3,15-13-24)21-8-5-4-6-9-21/h4-6,8-9,16-17,27,33H,7,10-15,18-19H2,1-3H3,(H,30,32). The molecule has 1 heterocycles. The van der Waals surface area contributed by atoms with Crippen LogP contribution < -0.4 is 15.5 Å². The maximum absolute atomic E-state index is 13.3. The number of amides is 2. The largest absolute Gasteiger partial charge is 0.388 e. The lowest BCUT2D eigenvalue weighted by Gasteiger charge is -2.47. The highest BCUT2D eigenvalue weighted by Gasteiger charge is 2.42. The average molecular weight is 452 g/mol. The number of hydrogen-bond donors (Lipinski definition) is 3. The summed E-state index contributed by atoms with van der Waals surface area (Å²) in [5, 5.41) is 17.0. The van der Waals surface area contributed by atoms with Gasteiger partial charge in [-0.25, -0.2) is 14.8 Å². The fourth-order valence-corrected chi connectivity index (χ4v) is 5.16. The van der Waals surface area contributed by atoms with E-state index in [0.29, 0.717) is 18.1 Å². The van der Waals surface area contributed by atoms with E-state index in [4.69, 9.17) is 0 Å². The van der Waals surface area contributed by atoms with Crippen molar-refractivity contribution in [2.45, 2.75) is 69.9 Å². The average Bonchev–Trinajstić information content (AvgIpc) is 2.82. The van der Waals surface area contributed by atoms with Crippen LogP contribution in [0.1, 0.15) is 63.3 Å². The molecule has 33 heavy (non-hydrogen) atoms. The van der Waals surface area contributed by atoms with E-state index < -0.39 is 5.60 Å². The molecule has 2 saturated carbocycles. The number of nitrogens with zero attached hydrogens (tertiary/aromatic N) is 3. The molecule has 7 heteroatoms. The van der Waals surface area contributed by atoms with Crippen LogP contribution in [0, 0.1) is 12.3 Å². The Labute approximate surface area is 197 Å². The van der Waals surface area contributed by atoms with E-state index in [-0.39, 0.29) is 23.5 Å². The summed E-state index contributed by atoms with van der Waals surface area (Å²) in [5.74, 6) is 0.674. The van der Waals surface area contributed by atoms with Crippen LogP contribution in [0.5, 0.6) is 0 Å². The zero-order valence-electron chi connectivity index (χ0n) is 20.1. The fraction of sp³-hybridized carbons (Fsp3) is 0.577. The molecular weight excluding hydrogens is 414 g/mol. The van der Waals surface area contributed by atoms with Gasteiger partial charge in [0.15, 0.2) is 0 Å². The van der Waals surface area contributed by atoms with Gasteiger partial charge in [-0.1, -0.05) is 37.3 Å². The third-order valence-electron chi connectivity index (χ3n) is 7.83. The molecule has 2 aromatic rings. The zero-order valence-corrected chi connectivity index (χ0v) is 20.1. The van der Waals surface area contributed by atoms with Gasteiger partial charge in [0.05, 0.1) is 23.7 Å². The van der Waals surface area contributed by atoms with Crippen molar-refractivity contribution in [3.63, 3.8) is 0 Å². The maximum Gasteiger partial charge on any atom is 0.322 e. The molecule has 0 saturated heterocycles. The number of carbonyl (C=O) groups excluding carboxylic acids is 1. The van der Waals surface area contributed by atoms with Crippen molar-refractivity contribution in [3.05, 3.63) is 54.1 Å². The summed E-state index contributed by atoms with van der Waals surface area (Å²) in [5.41, 5.74) is 1.18. The van der Waals surface area contributed by atoms with Crippen molar-refractivity contribution in [1.82, 2.24) is 20.6 Å². The number of urea groups is 1. The monoisotopic (exact) mass is 451 g/mol. The van der Waals surface area contributed by atoms with Gasteiger partial charge in [0, 0.05) is 18.6 Å². The summed E-state index contributed by atoms with van der Waals surface area (Å²) in [7, 11) is 2.05.